The van der Waals surface area contributed by atoms with E-state index in [1.807, 2.05) is 6.92 Å². The molecule has 2 N–H and O–H groups in total. The van der Waals surface area contributed by atoms with Crippen molar-refractivity contribution in [1.82, 2.24) is 0 Å². The smallest absolute Gasteiger partial charge is 0.328 e. The van der Waals surface area contributed by atoms with Gasteiger partial charge in [-0.1, -0.05) is 0 Å². The Hall–Kier alpha value is -1.82. The van der Waals surface area contributed by atoms with Crippen LogP contribution in [0.25, 0.3) is 0 Å². The van der Waals surface area contributed by atoms with E-state index in [2.05, 4.69) is 21.2 Å². The van der Waals surface area contributed by atoms with Gasteiger partial charge in [-0.2, -0.15) is 0 Å². The zero-order valence-corrected chi connectivity index (χ0v) is 11.2. The topological polar surface area (TPSA) is 75.6 Å². The van der Waals surface area contributed by atoms with Crippen molar-refractivity contribution < 1.29 is 19.4 Å². The fourth-order valence-electron chi connectivity index (χ4n) is 1.18. The zero-order chi connectivity index (χ0) is 13.5. The second-order valence-corrected chi connectivity index (χ2v) is 4.09. The maximum atomic E-state index is 11.4. The predicted octanol–water partition coefficient (Wildman–Crippen LogP) is 2.43. The molecule has 0 aliphatic rings. The van der Waals surface area contributed by atoms with Crippen molar-refractivity contribution in [3.8, 4) is 5.75 Å². The molecule has 1 aromatic carbocycles. The standard InChI is InChI=1S/C12H12BrNO4/c1-2-18-8-3-4-10(9(13)7-8)14-11(15)5-6-12(16)17/h3-7H,2H2,1H3,(H,14,15)(H,16,17)/b6-5-. The SMILES string of the molecule is CCOc1ccc(NC(=O)/C=C\C(=O)O)c(Br)c1. The van der Waals surface area contributed by atoms with Crippen LogP contribution in [-0.2, 0) is 9.59 Å². The average molecular weight is 314 g/mol. The normalized spacial score (nSPS) is 10.3. The Morgan fingerprint density at radius 3 is 2.72 bits per heavy atom. The van der Waals surface area contributed by atoms with Crippen LogP contribution in [0.15, 0.2) is 34.8 Å². The first-order chi connectivity index (χ1) is 8.52. The van der Waals surface area contributed by atoms with E-state index in [9.17, 15) is 9.59 Å². The summed E-state index contributed by atoms with van der Waals surface area (Å²) in [5, 5.41) is 10.9. The summed E-state index contributed by atoms with van der Waals surface area (Å²) >= 11 is 3.29. The van der Waals surface area contributed by atoms with Gasteiger partial charge in [0.25, 0.3) is 0 Å². The molecule has 0 aliphatic heterocycles. The second kappa shape index (κ2) is 6.80. The molecule has 0 bridgehead atoms. The summed E-state index contributed by atoms with van der Waals surface area (Å²) in [6, 6.07) is 5.10. The number of carboxylic acids is 1. The summed E-state index contributed by atoms with van der Waals surface area (Å²) in [6.45, 7) is 2.43. The van der Waals surface area contributed by atoms with Crippen molar-refractivity contribution in [2.24, 2.45) is 0 Å². The van der Waals surface area contributed by atoms with Crippen molar-refractivity contribution in [3.05, 3.63) is 34.8 Å². The molecule has 1 amide bonds. The van der Waals surface area contributed by atoms with Gasteiger partial charge in [0.2, 0.25) is 5.91 Å². The van der Waals surface area contributed by atoms with Crippen LogP contribution in [-0.4, -0.2) is 23.6 Å². The van der Waals surface area contributed by atoms with Gasteiger partial charge in [-0.05, 0) is 41.1 Å². The molecule has 0 saturated carbocycles. The molecule has 0 heterocycles. The van der Waals surface area contributed by atoms with E-state index < -0.39 is 11.9 Å². The van der Waals surface area contributed by atoms with E-state index >= 15 is 0 Å². The molecule has 0 aromatic heterocycles. The summed E-state index contributed by atoms with van der Waals surface area (Å²) in [6.07, 6.45) is 1.73. The lowest BCUT2D eigenvalue weighted by atomic mass is 10.3. The largest absolute Gasteiger partial charge is 0.494 e. The highest BCUT2D eigenvalue weighted by molar-refractivity contribution is 9.10. The minimum Gasteiger partial charge on any atom is -0.494 e. The van der Waals surface area contributed by atoms with Gasteiger partial charge in [0.05, 0.1) is 12.3 Å². The van der Waals surface area contributed by atoms with Crippen molar-refractivity contribution in [3.63, 3.8) is 0 Å². The van der Waals surface area contributed by atoms with E-state index in [0.717, 1.165) is 12.2 Å². The number of benzene rings is 1. The van der Waals surface area contributed by atoms with Crippen LogP contribution in [0.3, 0.4) is 0 Å². The van der Waals surface area contributed by atoms with E-state index in [0.29, 0.717) is 22.5 Å². The second-order valence-electron chi connectivity index (χ2n) is 3.24. The summed E-state index contributed by atoms with van der Waals surface area (Å²) < 4.78 is 5.95. The highest BCUT2D eigenvalue weighted by Crippen LogP contribution is 2.27. The first kappa shape index (κ1) is 14.2. The molecular weight excluding hydrogens is 302 g/mol. The van der Waals surface area contributed by atoms with Crippen LogP contribution < -0.4 is 10.1 Å². The zero-order valence-electron chi connectivity index (χ0n) is 9.64. The van der Waals surface area contributed by atoms with E-state index in [1.54, 1.807) is 18.2 Å². The van der Waals surface area contributed by atoms with Gasteiger partial charge in [0.1, 0.15) is 5.75 Å². The molecule has 1 aromatic rings. The van der Waals surface area contributed by atoms with E-state index in [1.165, 1.54) is 0 Å². The molecule has 0 radical (unpaired) electrons. The first-order valence-electron chi connectivity index (χ1n) is 5.17. The van der Waals surface area contributed by atoms with Crippen molar-refractivity contribution >= 4 is 33.5 Å². The average Bonchev–Trinajstić information content (AvgIpc) is 2.30. The number of nitrogens with one attached hydrogen (secondary N) is 1. The molecule has 0 atom stereocenters. The first-order valence-corrected chi connectivity index (χ1v) is 5.96. The van der Waals surface area contributed by atoms with Gasteiger partial charge in [-0.25, -0.2) is 4.79 Å². The van der Waals surface area contributed by atoms with E-state index in [-0.39, 0.29) is 0 Å². The number of anilines is 1. The minimum atomic E-state index is -1.17. The summed E-state index contributed by atoms with van der Waals surface area (Å²) in [5.41, 5.74) is 0.540. The molecular formula is C12H12BrNO4. The monoisotopic (exact) mass is 313 g/mol. The van der Waals surface area contributed by atoms with Crippen LogP contribution in [0.5, 0.6) is 5.75 Å². The lowest BCUT2D eigenvalue weighted by molar-refractivity contribution is -0.131. The maximum Gasteiger partial charge on any atom is 0.328 e. The maximum absolute atomic E-state index is 11.4. The summed E-state index contributed by atoms with van der Waals surface area (Å²) in [5.74, 6) is -0.998. The third-order valence-electron chi connectivity index (χ3n) is 1.89. The van der Waals surface area contributed by atoms with Gasteiger partial charge >= 0.3 is 5.97 Å². The molecule has 18 heavy (non-hydrogen) atoms. The van der Waals surface area contributed by atoms with Gasteiger partial charge in [-0.15, -0.1) is 0 Å². The number of hydrogen-bond acceptors (Lipinski definition) is 3. The summed E-state index contributed by atoms with van der Waals surface area (Å²) in [4.78, 5) is 21.6. The van der Waals surface area contributed by atoms with Gasteiger partial charge in [0, 0.05) is 16.6 Å². The number of halogens is 1. The van der Waals surface area contributed by atoms with Crippen LogP contribution >= 0.6 is 15.9 Å². The van der Waals surface area contributed by atoms with E-state index in [4.69, 9.17) is 9.84 Å². The highest BCUT2D eigenvalue weighted by Gasteiger charge is 2.04. The van der Waals surface area contributed by atoms with Crippen molar-refractivity contribution in [2.45, 2.75) is 6.92 Å². The third-order valence-corrected chi connectivity index (χ3v) is 2.54. The molecule has 0 spiro atoms. The third kappa shape index (κ3) is 4.58. The molecule has 1 rings (SSSR count). The molecule has 5 nitrogen and oxygen atoms in total. The lowest BCUT2D eigenvalue weighted by Gasteiger charge is -2.08. The Balaban J connectivity index is 2.73. The Morgan fingerprint density at radius 1 is 1.44 bits per heavy atom. The lowest BCUT2D eigenvalue weighted by Crippen LogP contribution is -2.09. The number of carbonyl (C=O) groups excluding carboxylic acids is 1. The van der Waals surface area contributed by atoms with Gasteiger partial charge in [-0.3, -0.25) is 4.79 Å². The molecule has 0 fully saturated rings. The van der Waals surface area contributed by atoms with Crippen molar-refractivity contribution in [1.29, 1.82) is 0 Å². The van der Waals surface area contributed by atoms with Crippen LogP contribution in [0, 0.1) is 0 Å². The fraction of sp³-hybridized carbons (Fsp3) is 0.167. The fourth-order valence-corrected chi connectivity index (χ4v) is 1.63. The number of rotatable bonds is 5. The molecule has 0 aliphatic carbocycles. The molecule has 96 valence electrons. The molecule has 6 heteroatoms. The number of amides is 1. The Kier molecular flexibility index (Phi) is 5.38. The van der Waals surface area contributed by atoms with Gasteiger partial charge < -0.3 is 15.2 Å². The predicted molar refractivity (Wildman–Crippen MR) is 70.7 cm³/mol. The Labute approximate surface area is 113 Å². The number of ether oxygens (including phenoxy) is 1. The minimum absolute atomic E-state index is 0.512. The van der Waals surface area contributed by atoms with Crippen molar-refractivity contribution in [2.75, 3.05) is 11.9 Å². The van der Waals surface area contributed by atoms with Crippen LogP contribution in [0.1, 0.15) is 6.92 Å². The van der Waals surface area contributed by atoms with Crippen LogP contribution in [0.2, 0.25) is 0 Å². The Morgan fingerprint density at radius 2 is 2.17 bits per heavy atom. The quantitative estimate of drug-likeness (QED) is 0.819. The highest BCUT2D eigenvalue weighted by atomic mass is 79.9. The Bertz CT molecular complexity index is 485. The van der Waals surface area contributed by atoms with Crippen LogP contribution in [0.4, 0.5) is 5.69 Å². The number of carbonyl (C=O) groups is 2. The number of aliphatic carboxylic acids is 1. The molecule has 0 unspecified atom stereocenters. The number of carboxylic acid groups (broad SMARTS) is 1. The number of hydrogen-bond donors (Lipinski definition) is 2. The summed E-state index contributed by atoms with van der Waals surface area (Å²) in [7, 11) is 0. The van der Waals surface area contributed by atoms with Gasteiger partial charge in [0.15, 0.2) is 0 Å². The molecule has 0 saturated heterocycles.